The Bertz CT molecular complexity index is 1090. The monoisotopic (exact) mass is 476 g/mol. The van der Waals surface area contributed by atoms with Crippen molar-refractivity contribution < 1.29 is 32.2 Å². The zero-order valence-corrected chi connectivity index (χ0v) is 19.5. The maximum Gasteiger partial charge on any atom is 0.342 e. The summed E-state index contributed by atoms with van der Waals surface area (Å²) in [4.78, 5) is 24.9. The summed E-state index contributed by atoms with van der Waals surface area (Å²) in [5.74, 6) is -0.690. The third kappa shape index (κ3) is 6.23. The number of hydrogen-bond acceptors (Lipinski definition) is 7. The molecule has 33 heavy (non-hydrogen) atoms. The summed E-state index contributed by atoms with van der Waals surface area (Å²) < 4.78 is 43.1. The molecular formula is C23H28N2O7S. The van der Waals surface area contributed by atoms with Crippen molar-refractivity contribution in [1.82, 2.24) is 4.31 Å². The molecule has 1 saturated heterocycles. The van der Waals surface area contributed by atoms with Gasteiger partial charge in [0, 0.05) is 24.8 Å². The Kier molecular flexibility index (Phi) is 8.29. The first kappa shape index (κ1) is 24.5. The first-order valence-corrected chi connectivity index (χ1v) is 12.1. The minimum Gasteiger partial charge on any atom is -0.497 e. The molecule has 0 radical (unpaired) electrons. The number of carbonyl (C=O) groups excluding carboxylic acids is 2. The van der Waals surface area contributed by atoms with E-state index in [0.717, 1.165) is 25.7 Å². The number of benzene rings is 2. The SMILES string of the molecule is COc1cccc(NC(=O)COC(=O)c2cc(S(=O)(=O)N3CCCCCC3)ccc2OC)c1. The number of methoxy groups -OCH3 is 2. The van der Waals surface area contributed by atoms with Crippen LogP contribution in [0.5, 0.6) is 11.5 Å². The van der Waals surface area contributed by atoms with Crippen molar-refractivity contribution in [2.75, 3.05) is 39.2 Å². The van der Waals surface area contributed by atoms with Crippen molar-refractivity contribution in [3.63, 3.8) is 0 Å². The van der Waals surface area contributed by atoms with Gasteiger partial charge in [-0.25, -0.2) is 13.2 Å². The summed E-state index contributed by atoms with van der Waals surface area (Å²) in [6.45, 7) is 0.333. The highest BCUT2D eigenvalue weighted by Gasteiger charge is 2.27. The van der Waals surface area contributed by atoms with Crippen LogP contribution in [0.2, 0.25) is 0 Å². The van der Waals surface area contributed by atoms with E-state index in [4.69, 9.17) is 14.2 Å². The lowest BCUT2D eigenvalue weighted by molar-refractivity contribution is -0.119. The Morgan fingerprint density at radius 3 is 2.36 bits per heavy atom. The largest absolute Gasteiger partial charge is 0.497 e. The third-order valence-electron chi connectivity index (χ3n) is 5.28. The second kappa shape index (κ2) is 11.2. The molecule has 2 aromatic rings. The Hall–Kier alpha value is -3.11. The molecule has 1 amide bonds. The van der Waals surface area contributed by atoms with Crippen LogP contribution in [0.1, 0.15) is 36.0 Å². The van der Waals surface area contributed by atoms with Gasteiger partial charge in [0.05, 0.1) is 19.1 Å². The predicted octanol–water partition coefficient (Wildman–Crippen LogP) is 3.06. The van der Waals surface area contributed by atoms with E-state index in [1.165, 1.54) is 36.7 Å². The Morgan fingerprint density at radius 2 is 1.70 bits per heavy atom. The van der Waals surface area contributed by atoms with Gasteiger partial charge in [-0.1, -0.05) is 18.9 Å². The molecule has 1 aliphatic heterocycles. The van der Waals surface area contributed by atoms with Gasteiger partial charge in [0.2, 0.25) is 10.0 Å². The average molecular weight is 477 g/mol. The van der Waals surface area contributed by atoms with Crippen molar-refractivity contribution >= 4 is 27.6 Å². The van der Waals surface area contributed by atoms with E-state index in [2.05, 4.69) is 5.32 Å². The maximum atomic E-state index is 13.1. The van der Waals surface area contributed by atoms with Crippen LogP contribution in [0.25, 0.3) is 0 Å². The van der Waals surface area contributed by atoms with Crippen LogP contribution in [0.15, 0.2) is 47.4 Å². The molecule has 0 aromatic heterocycles. The van der Waals surface area contributed by atoms with Crippen molar-refractivity contribution in [3.8, 4) is 11.5 Å². The van der Waals surface area contributed by atoms with Gasteiger partial charge in [0.25, 0.3) is 5.91 Å². The molecule has 1 N–H and O–H groups in total. The number of ether oxygens (including phenoxy) is 3. The lowest BCUT2D eigenvalue weighted by Gasteiger charge is -2.20. The lowest BCUT2D eigenvalue weighted by atomic mass is 10.2. The fourth-order valence-electron chi connectivity index (χ4n) is 3.54. The van der Waals surface area contributed by atoms with Crippen LogP contribution in [0.4, 0.5) is 5.69 Å². The topological polar surface area (TPSA) is 111 Å². The molecule has 0 unspecified atom stereocenters. The van der Waals surface area contributed by atoms with Crippen molar-refractivity contribution in [2.45, 2.75) is 30.6 Å². The molecule has 0 bridgehead atoms. The maximum absolute atomic E-state index is 13.1. The normalized spacial score (nSPS) is 14.7. The highest BCUT2D eigenvalue weighted by molar-refractivity contribution is 7.89. The number of hydrogen-bond donors (Lipinski definition) is 1. The standard InChI is InChI=1S/C23H28N2O7S/c1-30-18-9-7-8-17(14-18)24-22(26)16-32-23(27)20-15-19(10-11-21(20)31-2)33(28,29)25-12-5-3-4-6-13-25/h7-11,14-15H,3-6,12-13,16H2,1-2H3,(H,24,26). The Morgan fingerprint density at radius 1 is 0.970 bits per heavy atom. The average Bonchev–Trinajstić information content (AvgIpc) is 3.12. The second-order valence-corrected chi connectivity index (χ2v) is 9.47. The molecule has 1 heterocycles. The van der Waals surface area contributed by atoms with Crippen molar-refractivity contribution in [3.05, 3.63) is 48.0 Å². The van der Waals surface area contributed by atoms with Gasteiger partial charge in [0.1, 0.15) is 17.1 Å². The van der Waals surface area contributed by atoms with E-state index < -0.39 is 28.5 Å². The fourth-order valence-corrected chi connectivity index (χ4v) is 5.09. The number of sulfonamides is 1. The molecule has 1 aliphatic rings. The molecule has 178 valence electrons. The number of rotatable bonds is 8. The Balaban J connectivity index is 1.71. The van der Waals surface area contributed by atoms with Gasteiger partial charge in [-0.2, -0.15) is 4.31 Å². The molecule has 2 aromatic carbocycles. The predicted molar refractivity (Wildman–Crippen MR) is 122 cm³/mol. The van der Waals surface area contributed by atoms with E-state index in [1.807, 2.05) is 0 Å². The quantitative estimate of drug-likeness (QED) is 0.583. The molecule has 0 spiro atoms. The number of amides is 1. The van der Waals surface area contributed by atoms with Gasteiger partial charge in [0.15, 0.2) is 6.61 Å². The Labute approximate surface area is 193 Å². The zero-order valence-electron chi connectivity index (χ0n) is 18.7. The molecule has 3 rings (SSSR count). The molecule has 10 heteroatoms. The molecule has 0 aliphatic carbocycles. The summed E-state index contributed by atoms with van der Waals surface area (Å²) in [5, 5.41) is 2.61. The number of esters is 1. The third-order valence-corrected chi connectivity index (χ3v) is 7.18. The lowest BCUT2D eigenvalue weighted by Crippen LogP contribution is -2.32. The van der Waals surface area contributed by atoms with Crippen molar-refractivity contribution in [2.24, 2.45) is 0 Å². The molecule has 1 fully saturated rings. The highest BCUT2D eigenvalue weighted by atomic mass is 32.2. The van der Waals surface area contributed by atoms with Crippen LogP contribution in [-0.4, -0.2) is 58.5 Å². The smallest absolute Gasteiger partial charge is 0.342 e. The van der Waals surface area contributed by atoms with Crippen LogP contribution in [0.3, 0.4) is 0 Å². The molecular weight excluding hydrogens is 448 g/mol. The number of nitrogens with zero attached hydrogens (tertiary/aromatic N) is 1. The fraction of sp³-hybridized carbons (Fsp3) is 0.391. The van der Waals surface area contributed by atoms with E-state index in [1.54, 1.807) is 24.3 Å². The molecule has 9 nitrogen and oxygen atoms in total. The van der Waals surface area contributed by atoms with Gasteiger partial charge >= 0.3 is 5.97 Å². The van der Waals surface area contributed by atoms with E-state index in [0.29, 0.717) is 24.5 Å². The van der Waals surface area contributed by atoms with Gasteiger partial charge < -0.3 is 19.5 Å². The summed E-state index contributed by atoms with van der Waals surface area (Å²) >= 11 is 0. The van der Waals surface area contributed by atoms with Gasteiger partial charge in [-0.15, -0.1) is 0 Å². The first-order valence-electron chi connectivity index (χ1n) is 10.6. The number of nitrogens with one attached hydrogen (secondary N) is 1. The van der Waals surface area contributed by atoms with Gasteiger partial charge in [-0.05, 0) is 43.2 Å². The molecule has 0 atom stereocenters. The van der Waals surface area contributed by atoms with Crippen LogP contribution < -0.4 is 14.8 Å². The van der Waals surface area contributed by atoms with E-state index in [9.17, 15) is 18.0 Å². The van der Waals surface area contributed by atoms with Crippen LogP contribution in [-0.2, 0) is 19.6 Å². The number of carbonyl (C=O) groups is 2. The zero-order chi connectivity index (χ0) is 23.8. The van der Waals surface area contributed by atoms with Crippen molar-refractivity contribution in [1.29, 1.82) is 0 Å². The minimum atomic E-state index is -3.77. The summed E-state index contributed by atoms with van der Waals surface area (Å²) in [6, 6.07) is 10.8. The first-order chi connectivity index (χ1) is 15.8. The van der Waals surface area contributed by atoms with Crippen LogP contribution in [0, 0.1) is 0 Å². The van der Waals surface area contributed by atoms with E-state index in [-0.39, 0.29) is 16.2 Å². The summed E-state index contributed by atoms with van der Waals surface area (Å²) in [5.41, 5.74) is 0.418. The van der Waals surface area contributed by atoms with Gasteiger partial charge in [-0.3, -0.25) is 4.79 Å². The molecule has 0 saturated carbocycles. The van der Waals surface area contributed by atoms with Crippen LogP contribution >= 0.6 is 0 Å². The van der Waals surface area contributed by atoms with E-state index >= 15 is 0 Å². The minimum absolute atomic E-state index is 0.0158. The highest BCUT2D eigenvalue weighted by Crippen LogP contribution is 2.27. The summed E-state index contributed by atoms with van der Waals surface area (Å²) in [7, 11) is -0.889. The number of anilines is 1. The summed E-state index contributed by atoms with van der Waals surface area (Å²) in [6.07, 6.45) is 3.58. The second-order valence-electron chi connectivity index (χ2n) is 7.54.